The lowest BCUT2D eigenvalue weighted by Crippen LogP contribution is -2.15. The summed E-state index contributed by atoms with van der Waals surface area (Å²) in [6, 6.07) is 4.30. The predicted molar refractivity (Wildman–Crippen MR) is 163 cm³/mol. The van der Waals surface area contributed by atoms with Gasteiger partial charge in [-0.2, -0.15) is 0 Å². The van der Waals surface area contributed by atoms with E-state index in [1.807, 2.05) is 13.8 Å². The number of hydrogen-bond acceptors (Lipinski definition) is 5. The molecular weight excluding hydrogens is 504 g/mol. The average Bonchev–Trinajstić information content (AvgIpc) is 2.91. The van der Waals surface area contributed by atoms with Crippen LogP contribution in [-0.4, -0.2) is 11.9 Å². The van der Waals surface area contributed by atoms with Crippen LogP contribution in [0.15, 0.2) is 21.9 Å². The molecule has 2 aromatic carbocycles. The molecular formula is C34H50O4S. The average molecular weight is 555 g/mol. The van der Waals surface area contributed by atoms with E-state index in [-0.39, 0.29) is 11.9 Å². The molecule has 216 valence electrons. The van der Waals surface area contributed by atoms with Gasteiger partial charge in [-0.15, -0.1) is 0 Å². The number of unbranched alkanes of at least 4 members (excludes halogenated alkanes) is 8. The van der Waals surface area contributed by atoms with Crippen LogP contribution < -0.4 is 9.47 Å². The molecule has 2 rings (SSSR count). The Bertz CT molecular complexity index is 1120. The molecule has 0 heterocycles. The maximum absolute atomic E-state index is 13.0. The van der Waals surface area contributed by atoms with Crippen molar-refractivity contribution >= 4 is 23.7 Å². The second kappa shape index (κ2) is 16.7. The SMILES string of the molecule is CCCCCCCC(=O)Oc1c(C)c(C)c(Sc2c(C)ccc(C)c2C)c(C)c1OC(=O)CCCCCCC. The van der Waals surface area contributed by atoms with Crippen LogP contribution in [0.3, 0.4) is 0 Å². The van der Waals surface area contributed by atoms with E-state index in [4.69, 9.17) is 9.47 Å². The monoisotopic (exact) mass is 554 g/mol. The summed E-state index contributed by atoms with van der Waals surface area (Å²) in [5.41, 5.74) is 6.44. The van der Waals surface area contributed by atoms with Gasteiger partial charge in [0, 0.05) is 28.2 Å². The van der Waals surface area contributed by atoms with Crippen molar-refractivity contribution in [3.8, 4) is 11.5 Å². The molecule has 0 spiro atoms. The Hall–Kier alpha value is -2.27. The number of esters is 2. The van der Waals surface area contributed by atoms with Crippen LogP contribution in [-0.2, 0) is 9.59 Å². The van der Waals surface area contributed by atoms with E-state index in [2.05, 4.69) is 53.7 Å². The van der Waals surface area contributed by atoms with Gasteiger partial charge in [0.15, 0.2) is 11.5 Å². The van der Waals surface area contributed by atoms with Crippen molar-refractivity contribution in [3.63, 3.8) is 0 Å². The van der Waals surface area contributed by atoms with E-state index in [9.17, 15) is 9.59 Å². The lowest BCUT2D eigenvalue weighted by molar-refractivity contribution is -0.137. The Morgan fingerprint density at radius 2 is 1.03 bits per heavy atom. The van der Waals surface area contributed by atoms with Gasteiger partial charge in [-0.3, -0.25) is 9.59 Å². The van der Waals surface area contributed by atoms with Gasteiger partial charge in [0.05, 0.1) is 0 Å². The van der Waals surface area contributed by atoms with E-state index in [1.54, 1.807) is 11.8 Å². The molecule has 4 nitrogen and oxygen atoms in total. The molecule has 0 unspecified atom stereocenters. The first-order valence-electron chi connectivity index (χ1n) is 14.9. The number of rotatable bonds is 16. The summed E-state index contributed by atoms with van der Waals surface area (Å²) in [6.07, 6.45) is 11.3. The zero-order valence-electron chi connectivity index (χ0n) is 25.7. The predicted octanol–water partition coefficient (Wildman–Crippen LogP) is 10.2. The molecule has 0 aromatic heterocycles. The second-order valence-electron chi connectivity index (χ2n) is 10.9. The molecule has 0 aliphatic heterocycles. The Kier molecular flexibility index (Phi) is 14.1. The van der Waals surface area contributed by atoms with E-state index < -0.39 is 0 Å². The number of carbonyl (C=O) groups excluding carboxylic acids is 2. The lowest BCUT2D eigenvalue weighted by atomic mass is 10.0. The molecule has 0 atom stereocenters. The normalized spacial score (nSPS) is 11.1. The van der Waals surface area contributed by atoms with Crippen molar-refractivity contribution in [2.45, 2.75) is 142 Å². The molecule has 5 heteroatoms. The molecule has 0 radical (unpaired) electrons. The fraction of sp³-hybridized carbons (Fsp3) is 0.588. The molecule has 0 N–H and O–H groups in total. The molecule has 0 fully saturated rings. The lowest BCUT2D eigenvalue weighted by Gasteiger charge is -2.22. The Morgan fingerprint density at radius 3 is 1.54 bits per heavy atom. The zero-order valence-corrected chi connectivity index (χ0v) is 26.5. The molecule has 0 bridgehead atoms. The topological polar surface area (TPSA) is 52.6 Å². The number of aryl methyl sites for hydroxylation is 2. The van der Waals surface area contributed by atoms with Gasteiger partial charge in [-0.25, -0.2) is 0 Å². The van der Waals surface area contributed by atoms with Crippen molar-refractivity contribution in [3.05, 3.63) is 45.5 Å². The number of hydrogen-bond donors (Lipinski definition) is 0. The van der Waals surface area contributed by atoms with Crippen molar-refractivity contribution in [2.75, 3.05) is 0 Å². The highest BCUT2D eigenvalue weighted by atomic mass is 32.2. The highest BCUT2D eigenvalue weighted by Crippen LogP contribution is 2.47. The maximum Gasteiger partial charge on any atom is 0.311 e. The van der Waals surface area contributed by atoms with E-state index >= 15 is 0 Å². The van der Waals surface area contributed by atoms with Crippen LogP contribution >= 0.6 is 11.8 Å². The van der Waals surface area contributed by atoms with Crippen molar-refractivity contribution < 1.29 is 19.1 Å². The van der Waals surface area contributed by atoms with Crippen LogP contribution in [0.5, 0.6) is 11.5 Å². The summed E-state index contributed by atoms with van der Waals surface area (Å²) >= 11 is 1.71. The first kappa shape index (κ1) is 32.9. The first-order valence-corrected chi connectivity index (χ1v) is 15.7. The second-order valence-corrected chi connectivity index (χ2v) is 11.9. The molecule has 0 amide bonds. The highest BCUT2D eigenvalue weighted by molar-refractivity contribution is 7.99. The van der Waals surface area contributed by atoms with E-state index in [1.165, 1.54) is 47.3 Å². The Morgan fingerprint density at radius 1 is 0.564 bits per heavy atom. The Labute approximate surface area is 241 Å². The minimum atomic E-state index is -0.270. The maximum atomic E-state index is 13.0. The molecule has 0 aliphatic carbocycles. The highest BCUT2D eigenvalue weighted by Gasteiger charge is 2.25. The number of ether oxygens (including phenoxy) is 2. The van der Waals surface area contributed by atoms with Crippen molar-refractivity contribution in [1.82, 2.24) is 0 Å². The minimum absolute atomic E-state index is 0.268. The summed E-state index contributed by atoms with van der Waals surface area (Å²) in [5.74, 6) is 0.246. The standard InChI is InChI=1S/C34H50O4S/c1-9-11-13-15-17-19-29(35)37-31-26(6)27(7)34(39-33-24(4)22-21-23(3)25(33)5)28(8)32(31)38-30(36)20-18-16-14-12-10-2/h21-22H,9-20H2,1-8H3. The van der Waals surface area contributed by atoms with Crippen LogP contribution in [0.4, 0.5) is 0 Å². The van der Waals surface area contributed by atoms with Gasteiger partial charge in [-0.05, 0) is 82.2 Å². The fourth-order valence-corrected chi connectivity index (χ4v) is 6.02. The van der Waals surface area contributed by atoms with Gasteiger partial charge < -0.3 is 9.47 Å². The van der Waals surface area contributed by atoms with Crippen molar-refractivity contribution in [2.24, 2.45) is 0 Å². The van der Waals surface area contributed by atoms with Crippen LogP contribution in [0.1, 0.15) is 124 Å². The number of carbonyl (C=O) groups is 2. The molecule has 0 saturated heterocycles. The fourth-order valence-electron chi connectivity index (χ4n) is 4.72. The summed E-state index contributed by atoms with van der Waals surface area (Å²) in [6.45, 7) is 16.8. The smallest absolute Gasteiger partial charge is 0.311 e. The van der Waals surface area contributed by atoms with Crippen LogP contribution in [0.25, 0.3) is 0 Å². The van der Waals surface area contributed by atoms with Crippen LogP contribution in [0.2, 0.25) is 0 Å². The quantitative estimate of drug-likeness (QED) is 0.117. The van der Waals surface area contributed by atoms with E-state index in [0.717, 1.165) is 60.1 Å². The molecule has 0 aliphatic rings. The van der Waals surface area contributed by atoms with Crippen LogP contribution in [0, 0.1) is 41.5 Å². The van der Waals surface area contributed by atoms with Gasteiger partial charge in [0.1, 0.15) is 0 Å². The largest absolute Gasteiger partial charge is 0.422 e. The zero-order chi connectivity index (χ0) is 28.9. The van der Waals surface area contributed by atoms with Crippen molar-refractivity contribution in [1.29, 1.82) is 0 Å². The summed E-state index contributed by atoms with van der Waals surface area (Å²) in [7, 11) is 0. The Balaban J connectivity index is 2.39. The van der Waals surface area contributed by atoms with Gasteiger partial charge in [0.25, 0.3) is 0 Å². The third-order valence-electron chi connectivity index (χ3n) is 7.61. The summed E-state index contributed by atoms with van der Waals surface area (Å²) < 4.78 is 12.0. The minimum Gasteiger partial charge on any atom is -0.422 e. The third kappa shape index (κ3) is 9.70. The molecule has 2 aromatic rings. The third-order valence-corrected chi connectivity index (χ3v) is 9.26. The van der Waals surface area contributed by atoms with Gasteiger partial charge in [0.2, 0.25) is 0 Å². The first-order chi connectivity index (χ1) is 18.6. The molecule has 39 heavy (non-hydrogen) atoms. The van der Waals surface area contributed by atoms with Gasteiger partial charge in [-0.1, -0.05) is 89.1 Å². The van der Waals surface area contributed by atoms with E-state index in [0.29, 0.717) is 24.3 Å². The number of benzene rings is 2. The summed E-state index contributed by atoms with van der Waals surface area (Å²) in [4.78, 5) is 28.1. The summed E-state index contributed by atoms with van der Waals surface area (Å²) in [5, 5.41) is 0. The molecule has 0 saturated carbocycles. The van der Waals surface area contributed by atoms with Gasteiger partial charge >= 0.3 is 11.9 Å².